The average Bonchev–Trinajstić information content (AvgIpc) is 2.93. The molecule has 0 unspecified atom stereocenters. The summed E-state index contributed by atoms with van der Waals surface area (Å²) >= 11 is 0. The average molecular weight is 552 g/mol. The van der Waals surface area contributed by atoms with E-state index in [2.05, 4.69) is 20.8 Å². The smallest absolute Gasteiger partial charge is 0.243 e. The van der Waals surface area contributed by atoms with E-state index >= 15 is 0 Å². The van der Waals surface area contributed by atoms with Gasteiger partial charge in [-0.05, 0) is 47.7 Å². The van der Waals surface area contributed by atoms with Crippen molar-refractivity contribution in [2.45, 2.75) is 42.4 Å². The highest BCUT2D eigenvalue weighted by Gasteiger charge is 2.32. The molecular formula is C26H37N3O6S2. The third kappa shape index (κ3) is 5.65. The molecule has 2 aromatic rings. The van der Waals surface area contributed by atoms with Gasteiger partial charge in [-0.15, -0.1) is 0 Å². The molecule has 2 fully saturated rings. The number of methoxy groups -OCH3 is 1. The van der Waals surface area contributed by atoms with Crippen molar-refractivity contribution in [2.24, 2.45) is 0 Å². The van der Waals surface area contributed by atoms with Gasteiger partial charge < -0.3 is 14.4 Å². The van der Waals surface area contributed by atoms with Gasteiger partial charge in [-0.2, -0.15) is 8.61 Å². The number of morpholine rings is 1. The number of anilines is 1. The summed E-state index contributed by atoms with van der Waals surface area (Å²) in [6.07, 6.45) is 0.958. The highest BCUT2D eigenvalue weighted by Crippen LogP contribution is 2.34. The van der Waals surface area contributed by atoms with E-state index in [1.807, 2.05) is 17.0 Å². The minimum Gasteiger partial charge on any atom is -0.495 e. The van der Waals surface area contributed by atoms with Gasteiger partial charge in [-0.25, -0.2) is 16.8 Å². The molecule has 9 nitrogen and oxygen atoms in total. The summed E-state index contributed by atoms with van der Waals surface area (Å²) in [4.78, 5) is 2.46. The number of nitrogens with zero attached hydrogens (tertiary/aromatic N) is 3. The van der Waals surface area contributed by atoms with E-state index in [1.54, 1.807) is 37.4 Å². The van der Waals surface area contributed by atoms with Crippen molar-refractivity contribution in [2.75, 3.05) is 64.5 Å². The second kappa shape index (κ2) is 10.9. The SMILES string of the molecule is CCC(C)(C)c1ccc(S(=O)(=O)N2CCN(c3cc(S(=O)(=O)N4CCOCC4)ccc3OC)CC2)cc1. The summed E-state index contributed by atoms with van der Waals surface area (Å²) in [6.45, 7) is 9.19. The molecule has 0 saturated carbocycles. The zero-order valence-corrected chi connectivity index (χ0v) is 23.6. The van der Waals surface area contributed by atoms with Crippen molar-refractivity contribution in [1.82, 2.24) is 8.61 Å². The first-order chi connectivity index (χ1) is 17.5. The van der Waals surface area contributed by atoms with E-state index in [1.165, 1.54) is 8.61 Å². The molecule has 0 atom stereocenters. The Labute approximate surface area is 221 Å². The van der Waals surface area contributed by atoms with Crippen LogP contribution in [0.2, 0.25) is 0 Å². The first-order valence-corrected chi connectivity index (χ1v) is 15.5. The highest BCUT2D eigenvalue weighted by molar-refractivity contribution is 7.89. The molecule has 0 amide bonds. The van der Waals surface area contributed by atoms with Crippen LogP contribution in [-0.2, 0) is 30.2 Å². The van der Waals surface area contributed by atoms with Gasteiger partial charge in [0.25, 0.3) is 0 Å². The summed E-state index contributed by atoms with van der Waals surface area (Å²) in [6, 6.07) is 12.0. The van der Waals surface area contributed by atoms with Gasteiger partial charge in [0.05, 0.1) is 35.8 Å². The molecule has 204 valence electrons. The molecule has 0 N–H and O–H groups in total. The summed E-state index contributed by atoms with van der Waals surface area (Å²) in [5.41, 5.74) is 1.73. The van der Waals surface area contributed by atoms with Gasteiger partial charge in [-0.3, -0.25) is 0 Å². The van der Waals surface area contributed by atoms with Crippen LogP contribution in [0.4, 0.5) is 5.69 Å². The standard InChI is InChI=1S/C26H37N3O6S2/c1-5-26(2,3)21-6-8-22(9-7-21)36(30,31)28-14-12-27(13-15-28)24-20-23(10-11-25(24)34-4)37(32,33)29-16-18-35-19-17-29/h6-11,20H,5,12-19H2,1-4H3. The first-order valence-electron chi connectivity index (χ1n) is 12.6. The molecule has 0 radical (unpaired) electrons. The van der Waals surface area contributed by atoms with Crippen LogP contribution >= 0.6 is 0 Å². The van der Waals surface area contributed by atoms with Crippen LogP contribution in [-0.4, -0.2) is 85.0 Å². The number of ether oxygens (including phenoxy) is 2. The Morgan fingerprint density at radius 2 is 1.35 bits per heavy atom. The predicted octanol–water partition coefficient (Wildman–Crippen LogP) is 2.91. The molecule has 2 aliphatic heterocycles. The number of sulfonamides is 2. The molecule has 0 spiro atoms. The molecule has 2 saturated heterocycles. The minimum absolute atomic E-state index is 0.0171. The van der Waals surface area contributed by atoms with Gasteiger partial charge in [0.1, 0.15) is 5.75 Å². The molecule has 2 heterocycles. The fourth-order valence-electron chi connectivity index (χ4n) is 4.61. The molecule has 0 aliphatic carbocycles. The van der Waals surface area contributed by atoms with E-state index < -0.39 is 20.0 Å². The Morgan fingerprint density at radius 3 is 1.92 bits per heavy atom. The Morgan fingerprint density at radius 1 is 0.811 bits per heavy atom. The van der Waals surface area contributed by atoms with E-state index in [0.717, 1.165) is 12.0 Å². The van der Waals surface area contributed by atoms with E-state index in [9.17, 15) is 16.8 Å². The fraction of sp³-hybridized carbons (Fsp3) is 0.538. The molecule has 0 aromatic heterocycles. The van der Waals surface area contributed by atoms with E-state index in [4.69, 9.17) is 9.47 Å². The lowest BCUT2D eigenvalue weighted by atomic mass is 9.82. The number of benzene rings is 2. The molecule has 37 heavy (non-hydrogen) atoms. The lowest BCUT2D eigenvalue weighted by Gasteiger charge is -2.36. The highest BCUT2D eigenvalue weighted by atomic mass is 32.2. The topological polar surface area (TPSA) is 96.5 Å². The predicted molar refractivity (Wildman–Crippen MR) is 143 cm³/mol. The van der Waals surface area contributed by atoms with Crippen molar-refractivity contribution < 1.29 is 26.3 Å². The second-order valence-corrected chi connectivity index (χ2v) is 13.9. The van der Waals surface area contributed by atoms with Gasteiger partial charge in [0, 0.05) is 39.3 Å². The minimum atomic E-state index is -3.67. The summed E-state index contributed by atoms with van der Waals surface area (Å²) in [7, 11) is -5.77. The quantitative estimate of drug-likeness (QED) is 0.498. The number of hydrogen-bond donors (Lipinski definition) is 0. The lowest BCUT2D eigenvalue weighted by Crippen LogP contribution is -2.48. The number of rotatable bonds is 8. The molecule has 11 heteroatoms. The monoisotopic (exact) mass is 551 g/mol. The van der Waals surface area contributed by atoms with Crippen LogP contribution in [0.3, 0.4) is 0 Å². The van der Waals surface area contributed by atoms with Crippen molar-refractivity contribution in [3.8, 4) is 5.75 Å². The van der Waals surface area contributed by atoms with Crippen LogP contribution in [0.1, 0.15) is 32.8 Å². The normalized spacial score (nSPS) is 18.6. The van der Waals surface area contributed by atoms with Crippen molar-refractivity contribution >= 4 is 25.7 Å². The first kappa shape index (κ1) is 27.8. The zero-order chi connectivity index (χ0) is 26.8. The van der Waals surface area contributed by atoms with Crippen molar-refractivity contribution in [3.63, 3.8) is 0 Å². The summed E-state index contributed by atoms with van der Waals surface area (Å²) in [5.74, 6) is 0.548. The van der Waals surface area contributed by atoms with Gasteiger partial charge in [0.2, 0.25) is 20.0 Å². The van der Waals surface area contributed by atoms with Gasteiger partial charge in [0.15, 0.2) is 0 Å². The van der Waals surface area contributed by atoms with Crippen LogP contribution in [0, 0.1) is 0 Å². The fourth-order valence-corrected chi connectivity index (χ4v) is 7.46. The van der Waals surface area contributed by atoms with Crippen LogP contribution in [0.15, 0.2) is 52.3 Å². The van der Waals surface area contributed by atoms with Gasteiger partial charge >= 0.3 is 0 Å². The molecule has 2 aromatic carbocycles. The lowest BCUT2D eigenvalue weighted by molar-refractivity contribution is 0.0730. The third-order valence-corrected chi connectivity index (χ3v) is 11.3. The zero-order valence-electron chi connectivity index (χ0n) is 22.0. The van der Waals surface area contributed by atoms with E-state index in [0.29, 0.717) is 50.8 Å². The Hall–Kier alpha value is -2.18. The summed E-state index contributed by atoms with van der Waals surface area (Å²) in [5, 5.41) is 0. The van der Waals surface area contributed by atoms with Gasteiger partial charge in [-0.1, -0.05) is 32.9 Å². The number of piperazine rings is 1. The van der Waals surface area contributed by atoms with Crippen LogP contribution in [0.25, 0.3) is 0 Å². The molecule has 2 aliphatic rings. The largest absolute Gasteiger partial charge is 0.495 e. The Bertz CT molecular complexity index is 1300. The number of hydrogen-bond acceptors (Lipinski definition) is 7. The van der Waals surface area contributed by atoms with Crippen molar-refractivity contribution in [1.29, 1.82) is 0 Å². The third-order valence-electron chi connectivity index (χ3n) is 7.49. The Balaban J connectivity index is 1.51. The van der Waals surface area contributed by atoms with E-state index in [-0.39, 0.29) is 28.3 Å². The maximum atomic E-state index is 13.3. The summed E-state index contributed by atoms with van der Waals surface area (Å²) < 4.78 is 66.8. The molecular weight excluding hydrogens is 514 g/mol. The van der Waals surface area contributed by atoms with Crippen LogP contribution in [0.5, 0.6) is 5.75 Å². The van der Waals surface area contributed by atoms with Crippen molar-refractivity contribution in [3.05, 3.63) is 48.0 Å². The maximum Gasteiger partial charge on any atom is 0.243 e. The Kier molecular flexibility index (Phi) is 8.20. The van der Waals surface area contributed by atoms with Crippen LogP contribution < -0.4 is 9.64 Å². The molecule has 4 rings (SSSR count). The second-order valence-electron chi connectivity index (χ2n) is 10.0. The maximum absolute atomic E-state index is 13.3. The molecule has 0 bridgehead atoms.